The third-order valence-corrected chi connectivity index (χ3v) is 2.70. The van der Waals surface area contributed by atoms with Gasteiger partial charge in [0.2, 0.25) is 0 Å². The Morgan fingerprint density at radius 3 is 2.33 bits per heavy atom. The van der Waals surface area contributed by atoms with Crippen molar-refractivity contribution in [1.82, 2.24) is 0 Å². The molecule has 3 heteroatoms. The van der Waals surface area contributed by atoms with Crippen molar-refractivity contribution in [1.29, 1.82) is 5.41 Å². The van der Waals surface area contributed by atoms with Gasteiger partial charge in [0.1, 0.15) is 5.84 Å². The third kappa shape index (κ3) is 2.83. The first-order valence-corrected chi connectivity index (χ1v) is 5.68. The van der Waals surface area contributed by atoms with Crippen LogP contribution >= 0.6 is 0 Å². The van der Waals surface area contributed by atoms with E-state index in [4.69, 9.17) is 11.1 Å². The lowest BCUT2D eigenvalue weighted by molar-refractivity contribution is 0.0993. The number of hydrogen-bond donors (Lipinski definition) is 2. The average Bonchev–Trinajstić information content (AvgIpc) is 2.40. The van der Waals surface area contributed by atoms with Gasteiger partial charge in [-0.05, 0) is 11.6 Å². The number of amidine groups is 1. The van der Waals surface area contributed by atoms with Gasteiger partial charge in [-0.25, -0.2) is 0 Å². The molecule has 3 nitrogen and oxygen atoms in total. The second-order valence-electron chi connectivity index (χ2n) is 4.08. The number of benzene rings is 2. The van der Waals surface area contributed by atoms with E-state index in [1.165, 1.54) is 0 Å². The molecule has 0 saturated carbocycles. The fourth-order valence-electron chi connectivity index (χ4n) is 1.76. The van der Waals surface area contributed by atoms with Crippen LogP contribution in [0.15, 0.2) is 54.6 Å². The van der Waals surface area contributed by atoms with Gasteiger partial charge in [-0.3, -0.25) is 10.2 Å². The van der Waals surface area contributed by atoms with Crippen LogP contribution in [0.3, 0.4) is 0 Å². The molecule has 0 fully saturated rings. The number of Topliss-reactive ketones (excluding diaryl/α,β-unsaturated/α-hetero) is 1. The maximum atomic E-state index is 12.0. The predicted octanol–water partition coefficient (Wildman–Crippen LogP) is 2.40. The molecule has 18 heavy (non-hydrogen) atoms. The molecule has 0 aliphatic carbocycles. The molecule has 0 aliphatic heterocycles. The van der Waals surface area contributed by atoms with Gasteiger partial charge in [-0.2, -0.15) is 0 Å². The van der Waals surface area contributed by atoms with Crippen molar-refractivity contribution in [3.8, 4) is 0 Å². The van der Waals surface area contributed by atoms with E-state index in [1.807, 2.05) is 30.3 Å². The lowest BCUT2D eigenvalue weighted by Gasteiger charge is -2.04. The smallest absolute Gasteiger partial charge is 0.167 e. The molecule has 0 saturated heterocycles. The van der Waals surface area contributed by atoms with E-state index >= 15 is 0 Å². The first-order chi connectivity index (χ1) is 8.66. The van der Waals surface area contributed by atoms with E-state index in [9.17, 15) is 4.79 Å². The van der Waals surface area contributed by atoms with Gasteiger partial charge in [0, 0.05) is 17.5 Å². The summed E-state index contributed by atoms with van der Waals surface area (Å²) in [5, 5.41) is 7.37. The topological polar surface area (TPSA) is 66.9 Å². The Morgan fingerprint density at radius 2 is 1.67 bits per heavy atom. The van der Waals surface area contributed by atoms with E-state index in [2.05, 4.69) is 0 Å². The number of nitrogen functional groups attached to an aromatic ring is 1. The largest absolute Gasteiger partial charge is 0.384 e. The van der Waals surface area contributed by atoms with Crippen molar-refractivity contribution in [3.05, 3.63) is 71.3 Å². The summed E-state index contributed by atoms with van der Waals surface area (Å²) in [7, 11) is 0. The summed E-state index contributed by atoms with van der Waals surface area (Å²) in [6.45, 7) is 0. The Morgan fingerprint density at radius 1 is 1.00 bits per heavy atom. The summed E-state index contributed by atoms with van der Waals surface area (Å²) < 4.78 is 0. The summed E-state index contributed by atoms with van der Waals surface area (Å²) in [5.74, 6) is 0.0836. The van der Waals surface area contributed by atoms with E-state index in [-0.39, 0.29) is 11.6 Å². The highest BCUT2D eigenvalue weighted by atomic mass is 16.1. The van der Waals surface area contributed by atoms with Crippen LogP contribution < -0.4 is 5.73 Å². The molecular weight excluding hydrogens is 224 g/mol. The molecule has 0 spiro atoms. The standard InChI is InChI=1S/C15H14N2O/c16-15(17)13-8-4-5-11(9-13)10-14(18)12-6-2-1-3-7-12/h1-9H,10H2,(H3,16,17). The molecule has 0 aliphatic rings. The van der Waals surface area contributed by atoms with Gasteiger partial charge in [-0.15, -0.1) is 0 Å². The number of hydrogen-bond acceptors (Lipinski definition) is 2. The summed E-state index contributed by atoms with van der Waals surface area (Å²) in [6, 6.07) is 16.4. The molecule has 0 unspecified atom stereocenters. The van der Waals surface area contributed by atoms with Crippen molar-refractivity contribution in [2.75, 3.05) is 0 Å². The number of ketones is 1. The lowest BCUT2D eigenvalue weighted by Crippen LogP contribution is -2.12. The minimum Gasteiger partial charge on any atom is -0.384 e. The molecule has 90 valence electrons. The van der Waals surface area contributed by atoms with Crippen LogP contribution in [0.25, 0.3) is 0 Å². The Bertz CT molecular complexity index is 576. The molecular formula is C15H14N2O. The SMILES string of the molecule is N=C(N)c1cccc(CC(=O)c2ccccc2)c1. The van der Waals surface area contributed by atoms with Crippen molar-refractivity contribution in [3.63, 3.8) is 0 Å². The molecule has 0 bridgehead atoms. The van der Waals surface area contributed by atoms with Crippen LogP contribution in [0.5, 0.6) is 0 Å². The highest BCUT2D eigenvalue weighted by Gasteiger charge is 2.07. The number of nitrogens with one attached hydrogen (secondary N) is 1. The molecule has 0 amide bonds. The highest BCUT2D eigenvalue weighted by molar-refractivity contribution is 5.98. The third-order valence-electron chi connectivity index (χ3n) is 2.70. The molecule has 0 aromatic heterocycles. The molecule has 2 rings (SSSR count). The van der Waals surface area contributed by atoms with Gasteiger partial charge in [0.05, 0.1) is 0 Å². The van der Waals surface area contributed by atoms with Gasteiger partial charge in [0.25, 0.3) is 0 Å². The van der Waals surface area contributed by atoms with E-state index < -0.39 is 0 Å². The lowest BCUT2D eigenvalue weighted by atomic mass is 10.0. The predicted molar refractivity (Wildman–Crippen MR) is 71.9 cm³/mol. The van der Waals surface area contributed by atoms with Gasteiger partial charge in [-0.1, -0.05) is 48.5 Å². The number of nitrogens with two attached hydrogens (primary N) is 1. The minimum absolute atomic E-state index is 0.0176. The zero-order valence-corrected chi connectivity index (χ0v) is 9.89. The Labute approximate surface area is 106 Å². The summed E-state index contributed by atoms with van der Waals surface area (Å²) in [4.78, 5) is 12.0. The molecule has 3 N–H and O–H groups in total. The Kier molecular flexibility index (Phi) is 3.53. The molecule has 0 atom stereocenters. The van der Waals surface area contributed by atoms with Crippen LogP contribution in [0, 0.1) is 5.41 Å². The number of carbonyl (C=O) groups is 1. The van der Waals surface area contributed by atoms with Gasteiger partial charge in [0.15, 0.2) is 5.78 Å². The van der Waals surface area contributed by atoms with E-state index in [0.717, 1.165) is 5.56 Å². The molecule has 2 aromatic rings. The summed E-state index contributed by atoms with van der Waals surface area (Å²) in [6.07, 6.45) is 0.325. The fourth-order valence-corrected chi connectivity index (χ4v) is 1.76. The first-order valence-electron chi connectivity index (χ1n) is 5.68. The Balaban J connectivity index is 2.17. The minimum atomic E-state index is 0.0176. The summed E-state index contributed by atoms with van der Waals surface area (Å²) >= 11 is 0. The second kappa shape index (κ2) is 5.27. The van der Waals surface area contributed by atoms with Crippen molar-refractivity contribution < 1.29 is 4.79 Å². The van der Waals surface area contributed by atoms with Crippen LogP contribution in [-0.2, 0) is 6.42 Å². The molecule has 0 heterocycles. The summed E-state index contributed by atoms with van der Waals surface area (Å²) in [5.41, 5.74) is 7.64. The number of carbonyl (C=O) groups excluding carboxylic acids is 1. The molecule has 2 aromatic carbocycles. The van der Waals surface area contributed by atoms with Crippen LogP contribution in [0.1, 0.15) is 21.5 Å². The van der Waals surface area contributed by atoms with Gasteiger partial charge >= 0.3 is 0 Å². The maximum absolute atomic E-state index is 12.0. The van der Waals surface area contributed by atoms with Crippen molar-refractivity contribution in [2.24, 2.45) is 5.73 Å². The number of rotatable bonds is 4. The average molecular weight is 238 g/mol. The van der Waals surface area contributed by atoms with E-state index in [1.54, 1.807) is 24.3 Å². The zero-order valence-electron chi connectivity index (χ0n) is 9.89. The first kappa shape index (κ1) is 12.0. The normalized spacial score (nSPS) is 10.0. The van der Waals surface area contributed by atoms with Crippen LogP contribution in [-0.4, -0.2) is 11.6 Å². The quantitative estimate of drug-likeness (QED) is 0.488. The van der Waals surface area contributed by atoms with Crippen LogP contribution in [0.4, 0.5) is 0 Å². The zero-order chi connectivity index (χ0) is 13.0. The van der Waals surface area contributed by atoms with Crippen molar-refractivity contribution in [2.45, 2.75) is 6.42 Å². The van der Waals surface area contributed by atoms with Crippen molar-refractivity contribution >= 4 is 11.6 Å². The highest BCUT2D eigenvalue weighted by Crippen LogP contribution is 2.09. The second-order valence-corrected chi connectivity index (χ2v) is 4.08. The monoisotopic (exact) mass is 238 g/mol. The van der Waals surface area contributed by atoms with Crippen LogP contribution in [0.2, 0.25) is 0 Å². The maximum Gasteiger partial charge on any atom is 0.167 e. The Hall–Kier alpha value is -2.42. The molecule has 0 radical (unpaired) electrons. The van der Waals surface area contributed by atoms with E-state index in [0.29, 0.717) is 17.5 Å². The van der Waals surface area contributed by atoms with Gasteiger partial charge < -0.3 is 5.73 Å². The fraction of sp³-hybridized carbons (Fsp3) is 0.0667.